The number of aryl methyl sites for hydroxylation is 1. The van der Waals surface area contributed by atoms with Gasteiger partial charge in [-0.3, -0.25) is 4.79 Å². The van der Waals surface area contributed by atoms with Crippen molar-refractivity contribution in [3.63, 3.8) is 0 Å². The Morgan fingerprint density at radius 2 is 2.07 bits per heavy atom. The quantitative estimate of drug-likeness (QED) is 0.684. The number of hydrogen-bond donors (Lipinski definition) is 0. The second-order valence-electron chi connectivity index (χ2n) is 3.59. The molecule has 0 N–H and O–H groups in total. The molecular formula is C10H14N2O2. The number of hydrogen-bond acceptors (Lipinski definition) is 4. The van der Waals surface area contributed by atoms with E-state index in [0.29, 0.717) is 17.8 Å². The molecule has 0 unspecified atom stereocenters. The van der Waals surface area contributed by atoms with E-state index in [1.165, 1.54) is 0 Å². The molecule has 1 rings (SSSR count). The van der Waals surface area contributed by atoms with E-state index < -0.39 is 5.60 Å². The predicted molar refractivity (Wildman–Crippen MR) is 52.2 cm³/mol. The lowest BCUT2D eigenvalue weighted by Gasteiger charge is -2.21. The van der Waals surface area contributed by atoms with Crippen LogP contribution in [0.1, 0.15) is 35.9 Å². The lowest BCUT2D eigenvalue weighted by Crippen LogP contribution is -2.24. The van der Waals surface area contributed by atoms with Crippen molar-refractivity contribution in [2.45, 2.75) is 26.4 Å². The van der Waals surface area contributed by atoms with Crippen molar-refractivity contribution in [2.24, 2.45) is 0 Å². The van der Waals surface area contributed by atoms with E-state index in [9.17, 15) is 4.79 Å². The Balaban J connectivity index is 3.21. The fourth-order valence-corrected chi connectivity index (χ4v) is 1.01. The van der Waals surface area contributed by atoms with Crippen molar-refractivity contribution in [3.8, 4) is 0 Å². The van der Waals surface area contributed by atoms with Gasteiger partial charge in [-0.05, 0) is 26.8 Å². The zero-order valence-corrected chi connectivity index (χ0v) is 8.87. The molecule has 14 heavy (non-hydrogen) atoms. The number of aromatic nitrogens is 2. The van der Waals surface area contributed by atoms with E-state index in [2.05, 4.69) is 9.97 Å². The Labute approximate surface area is 83.3 Å². The number of carbonyl (C=O) groups excluding carboxylic acids is 1. The van der Waals surface area contributed by atoms with Crippen LogP contribution in [-0.2, 0) is 10.3 Å². The number of methoxy groups -OCH3 is 1. The molecule has 0 aliphatic heterocycles. The summed E-state index contributed by atoms with van der Waals surface area (Å²) in [6.07, 6.45) is 0.712. The first-order chi connectivity index (χ1) is 6.49. The number of aldehydes is 1. The SMILES string of the molecule is COC(C)(C)c1nc(C)cc(C=O)n1. The van der Waals surface area contributed by atoms with Crippen LogP contribution in [0.4, 0.5) is 0 Å². The molecule has 0 aromatic carbocycles. The zero-order valence-electron chi connectivity index (χ0n) is 8.87. The highest BCUT2D eigenvalue weighted by Crippen LogP contribution is 2.20. The van der Waals surface area contributed by atoms with Gasteiger partial charge in [-0.25, -0.2) is 9.97 Å². The number of ether oxygens (including phenoxy) is 1. The molecule has 0 radical (unpaired) electrons. The van der Waals surface area contributed by atoms with E-state index in [1.807, 2.05) is 20.8 Å². The molecule has 0 aliphatic carbocycles. The maximum Gasteiger partial charge on any atom is 0.168 e. The maximum absolute atomic E-state index is 10.6. The molecule has 0 atom stereocenters. The monoisotopic (exact) mass is 194 g/mol. The fourth-order valence-electron chi connectivity index (χ4n) is 1.01. The van der Waals surface area contributed by atoms with Crippen LogP contribution < -0.4 is 0 Å². The topological polar surface area (TPSA) is 52.1 Å². The van der Waals surface area contributed by atoms with Gasteiger partial charge < -0.3 is 4.74 Å². The number of nitrogens with zero attached hydrogens (tertiary/aromatic N) is 2. The molecule has 4 heteroatoms. The third-order valence-electron chi connectivity index (χ3n) is 2.04. The van der Waals surface area contributed by atoms with Gasteiger partial charge in [-0.2, -0.15) is 0 Å². The smallest absolute Gasteiger partial charge is 0.168 e. The van der Waals surface area contributed by atoms with Gasteiger partial charge in [-0.1, -0.05) is 0 Å². The Hall–Kier alpha value is -1.29. The molecule has 0 spiro atoms. The Bertz CT molecular complexity index is 348. The highest BCUT2D eigenvalue weighted by Gasteiger charge is 2.23. The van der Waals surface area contributed by atoms with Crippen molar-refractivity contribution in [1.29, 1.82) is 0 Å². The minimum Gasteiger partial charge on any atom is -0.371 e. The minimum atomic E-state index is -0.566. The molecule has 0 aliphatic rings. The van der Waals surface area contributed by atoms with Gasteiger partial charge in [0.05, 0.1) is 0 Å². The van der Waals surface area contributed by atoms with E-state index in [0.717, 1.165) is 5.69 Å². The molecule has 1 aromatic heterocycles. The van der Waals surface area contributed by atoms with Gasteiger partial charge in [0.15, 0.2) is 12.1 Å². The second kappa shape index (κ2) is 3.84. The largest absolute Gasteiger partial charge is 0.371 e. The molecule has 4 nitrogen and oxygen atoms in total. The summed E-state index contributed by atoms with van der Waals surface area (Å²) >= 11 is 0. The predicted octanol–water partition coefficient (Wildman–Crippen LogP) is 1.48. The molecule has 0 fully saturated rings. The first kappa shape index (κ1) is 10.8. The summed E-state index contributed by atoms with van der Waals surface area (Å²) in [6, 6.07) is 1.64. The van der Waals surface area contributed by atoms with Crippen LogP contribution in [0, 0.1) is 6.92 Å². The van der Waals surface area contributed by atoms with E-state index in [1.54, 1.807) is 13.2 Å². The van der Waals surface area contributed by atoms with Crippen LogP contribution in [0.15, 0.2) is 6.07 Å². The van der Waals surface area contributed by atoms with Gasteiger partial charge in [0.1, 0.15) is 11.3 Å². The van der Waals surface area contributed by atoms with Crippen LogP contribution in [-0.4, -0.2) is 23.4 Å². The summed E-state index contributed by atoms with van der Waals surface area (Å²) in [4.78, 5) is 18.9. The highest BCUT2D eigenvalue weighted by atomic mass is 16.5. The molecule has 0 amide bonds. The Morgan fingerprint density at radius 1 is 1.43 bits per heavy atom. The van der Waals surface area contributed by atoms with E-state index in [-0.39, 0.29) is 0 Å². The Morgan fingerprint density at radius 3 is 2.57 bits per heavy atom. The van der Waals surface area contributed by atoms with Crippen LogP contribution in [0.5, 0.6) is 0 Å². The Kier molecular flexibility index (Phi) is 2.96. The molecular weight excluding hydrogens is 180 g/mol. The van der Waals surface area contributed by atoms with E-state index in [4.69, 9.17) is 4.74 Å². The minimum absolute atomic E-state index is 0.387. The average Bonchev–Trinajstić information content (AvgIpc) is 2.16. The molecule has 76 valence electrons. The highest BCUT2D eigenvalue weighted by molar-refractivity contribution is 5.71. The first-order valence-electron chi connectivity index (χ1n) is 4.36. The van der Waals surface area contributed by atoms with E-state index >= 15 is 0 Å². The van der Waals surface area contributed by atoms with Crippen LogP contribution in [0.3, 0.4) is 0 Å². The van der Waals surface area contributed by atoms with Crippen molar-refractivity contribution >= 4 is 6.29 Å². The summed E-state index contributed by atoms with van der Waals surface area (Å²) in [5, 5.41) is 0. The van der Waals surface area contributed by atoms with Crippen molar-refractivity contribution < 1.29 is 9.53 Å². The summed E-state index contributed by atoms with van der Waals surface area (Å²) in [5.41, 5.74) is 0.587. The van der Waals surface area contributed by atoms with Crippen LogP contribution in [0.2, 0.25) is 0 Å². The van der Waals surface area contributed by atoms with Crippen molar-refractivity contribution in [3.05, 3.63) is 23.3 Å². The average molecular weight is 194 g/mol. The summed E-state index contributed by atoms with van der Waals surface area (Å²) in [7, 11) is 1.59. The lowest BCUT2D eigenvalue weighted by molar-refractivity contribution is 0.0112. The standard InChI is InChI=1S/C10H14N2O2/c1-7-5-8(6-13)12-9(11-7)10(2,3)14-4/h5-6H,1-4H3. The molecule has 1 aromatic rings. The van der Waals surface area contributed by atoms with Crippen molar-refractivity contribution in [2.75, 3.05) is 7.11 Å². The third-order valence-corrected chi connectivity index (χ3v) is 2.04. The second-order valence-corrected chi connectivity index (χ2v) is 3.59. The summed E-state index contributed by atoms with van der Waals surface area (Å²) in [5.74, 6) is 0.530. The fraction of sp³-hybridized carbons (Fsp3) is 0.500. The number of rotatable bonds is 3. The lowest BCUT2D eigenvalue weighted by atomic mass is 10.1. The molecule has 0 saturated carbocycles. The summed E-state index contributed by atoms with van der Waals surface area (Å²) in [6.45, 7) is 5.54. The first-order valence-corrected chi connectivity index (χ1v) is 4.36. The number of carbonyl (C=O) groups is 1. The third kappa shape index (κ3) is 2.14. The molecule has 0 bridgehead atoms. The maximum atomic E-state index is 10.6. The van der Waals surface area contributed by atoms with Crippen LogP contribution >= 0.6 is 0 Å². The van der Waals surface area contributed by atoms with Crippen LogP contribution in [0.25, 0.3) is 0 Å². The molecule has 0 saturated heterocycles. The van der Waals surface area contributed by atoms with Gasteiger partial charge in [0.2, 0.25) is 0 Å². The van der Waals surface area contributed by atoms with Gasteiger partial charge >= 0.3 is 0 Å². The normalized spacial score (nSPS) is 11.4. The van der Waals surface area contributed by atoms with Gasteiger partial charge in [0.25, 0.3) is 0 Å². The molecule has 1 heterocycles. The van der Waals surface area contributed by atoms with Gasteiger partial charge in [-0.15, -0.1) is 0 Å². The summed E-state index contributed by atoms with van der Waals surface area (Å²) < 4.78 is 5.24. The van der Waals surface area contributed by atoms with Gasteiger partial charge in [0, 0.05) is 12.8 Å². The zero-order chi connectivity index (χ0) is 10.8. The van der Waals surface area contributed by atoms with Crippen molar-refractivity contribution in [1.82, 2.24) is 9.97 Å².